The van der Waals surface area contributed by atoms with Crippen LogP contribution < -0.4 is 0 Å². The lowest BCUT2D eigenvalue weighted by Gasteiger charge is -2.25. The summed E-state index contributed by atoms with van der Waals surface area (Å²) in [4.78, 5) is 26.3. The van der Waals surface area contributed by atoms with Gasteiger partial charge in [0.2, 0.25) is 0 Å². The van der Waals surface area contributed by atoms with E-state index in [0.717, 1.165) is 6.42 Å². The number of amides is 1. The van der Waals surface area contributed by atoms with Crippen molar-refractivity contribution in [3.05, 3.63) is 0 Å². The Labute approximate surface area is 120 Å². The monoisotopic (exact) mass is 286 g/mol. The van der Waals surface area contributed by atoms with E-state index in [1.807, 2.05) is 32.6 Å². The summed E-state index contributed by atoms with van der Waals surface area (Å²) >= 11 is 0. The number of likely N-dealkylation sites (tertiary alicyclic amines) is 1. The molecule has 1 atom stereocenters. The molecule has 0 saturated carbocycles. The topological polar surface area (TPSA) is 70.1 Å². The highest BCUT2D eigenvalue weighted by Gasteiger charge is 2.30. The second-order valence-corrected chi connectivity index (χ2v) is 6.30. The van der Waals surface area contributed by atoms with E-state index in [1.165, 1.54) is 0 Å². The van der Waals surface area contributed by atoms with E-state index < -0.39 is 11.6 Å². The summed E-state index contributed by atoms with van der Waals surface area (Å²) < 4.78 is 5.35. The van der Waals surface area contributed by atoms with E-state index in [2.05, 4.69) is 0 Å². The molecule has 1 heterocycles. The van der Waals surface area contributed by atoms with Crippen LogP contribution in [0.25, 0.3) is 0 Å². The first-order valence-corrected chi connectivity index (χ1v) is 7.13. The van der Waals surface area contributed by atoms with Crippen molar-refractivity contribution < 1.29 is 19.4 Å². The molecular weight excluding hydrogens is 260 g/mol. The van der Waals surface area contributed by atoms with Gasteiger partial charge in [0.15, 0.2) is 0 Å². The molecule has 1 aliphatic rings. The lowest BCUT2D eigenvalue weighted by Crippen LogP contribution is -2.37. The van der Waals surface area contributed by atoms with E-state index in [0.29, 0.717) is 32.1 Å². The molecule has 1 N–H and O–H groups in total. The number of carboxylic acids is 1. The molecule has 0 bridgehead atoms. The maximum atomic E-state index is 11.9. The van der Waals surface area contributed by atoms with Crippen molar-refractivity contribution in [2.75, 3.05) is 32.7 Å². The summed E-state index contributed by atoms with van der Waals surface area (Å²) in [6.45, 7) is 10.3. The van der Waals surface area contributed by atoms with Gasteiger partial charge in [-0.1, -0.05) is 6.92 Å². The fraction of sp³-hybridized carbons (Fsp3) is 0.857. The van der Waals surface area contributed by atoms with Crippen molar-refractivity contribution >= 4 is 12.1 Å². The minimum atomic E-state index is -0.811. The Morgan fingerprint density at radius 3 is 2.55 bits per heavy atom. The van der Waals surface area contributed by atoms with Crippen molar-refractivity contribution in [2.24, 2.45) is 5.92 Å². The summed E-state index contributed by atoms with van der Waals surface area (Å²) in [5.41, 5.74) is -0.478. The van der Waals surface area contributed by atoms with Crippen LogP contribution in [-0.4, -0.2) is 65.3 Å². The molecular formula is C14H26N2O4. The highest BCUT2D eigenvalue weighted by atomic mass is 16.6. The van der Waals surface area contributed by atoms with Gasteiger partial charge in [0.1, 0.15) is 5.60 Å². The summed E-state index contributed by atoms with van der Waals surface area (Å²) in [5, 5.41) is 8.83. The number of carbonyl (C=O) groups is 2. The SMILES string of the molecule is CCN(CC(=O)O)C[C@H]1CCN(C(=O)OC(C)(C)C)C1. The fourth-order valence-corrected chi connectivity index (χ4v) is 2.34. The van der Waals surface area contributed by atoms with Crippen LogP contribution >= 0.6 is 0 Å². The van der Waals surface area contributed by atoms with Crippen LogP contribution in [0.4, 0.5) is 4.79 Å². The first-order valence-electron chi connectivity index (χ1n) is 7.13. The third-order valence-corrected chi connectivity index (χ3v) is 3.26. The highest BCUT2D eigenvalue weighted by Crippen LogP contribution is 2.20. The average molecular weight is 286 g/mol. The fourth-order valence-electron chi connectivity index (χ4n) is 2.34. The number of hydrogen-bond acceptors (Lipinski definition) is 4. The number of aliphatic carboxylic acids is 1. The molecule has 0 aromatic rings. The zero-order valence-corrected chi connectivity index (χ0v) is 12.9. The predicted octanol–water partition coefficient (Wildman–Crippen LogP) is 1.65. The molecule has 116 valence electrons. The second-order valence-electron chi connectivity index (χ2n) is 6.30. The van der Waals surface area contributed by atoms with Crippen molar-refractivity contribution in [3.8, 4) is 0 Å². The Balaban J connectivity index is 2.42. The second kappa shape index (κ2) is 6.92. The van der Waals surface area contributed by atoms with Crippen LogP contribution in [0.1, 0.15) is 34.1 Å². The van der Waals surface area contributed by atoms with Crippen LogP contribution in [0.5, 0.6) is 0 Å². The molecule has 0 aromatic carbocycles. The maximum Gasteiger partial charge on any atom is 0.410 e. The predicted molar refractivity (Wildman–Crippen MR) is 75.7 cm³/mol. The van der Waals surface area contributed by atoms with E-state index in [-0.39, 0.29) is 12.6 Å². The smallest absolute Gasteiger partial charge is 0.410 e. The van der Waals surface area contributed by atoms with E-state index in [4.69, 9.17) is 9.84 Å². The van der Waals surface area contributed by atoms with Crippen LogP contribution in [0.3, 0.4) is 0 Å². The minimum Gasteiger partial charge on any atom is -0.480 e. The molecule has 6 nitrogen and oxygen atoms in total. The Bertz CT molecular complexity index is 352. The van der Waals surface area contributed by atoms with Crippen molar-refractivity contribution in [1.82, 2.24) is 9.80 Å². The van der Waals surface area contributed by atoms with Gasteiger partial charge in [-0.25, -0.2) is 4.79 Å². The van der Waals surface area contributed by atoms with Gasteiger partial charge in [-0.15, -0.1) is 0 Å². The molecule has 1 saturated heterocycles. The highest BCUT2D eigenvalue weighted by molar-refractivity contribution is 5.69. The Morgan fingerprint density at radius 1 is 1.40 bits per heavy atom. The molecule has 0 aromatic heterocycles. The quantitative estimate of drug-likeness (QED) is 0.832. The van der Waals surface area contributed by atoms with Crippen molar-refractivity contribution in [3.63, 3.8) is 0 Å². The van der Waals surface area contributed by atoms with Crippen LogP contribution in [0.2, 0.25) is 0 Å². The summed E-state index contributed by atoms with van der Waals surface area (Å²) in [7, 11) is 0. The normalized spacial score (nSPS) is 19.4. The number of carboxylic acid groups (broad SMARTS) is 1. The Morgan fingerprint density at radius 2 is 2.05 bits per heavy atom. The van der Waals surface area contributed by atoms with Gasteiger partial charge < -0.3 is 14.7 Å². The lowest BCUT2D eigenvalue weighted by atomic mass is 10.1. The summed E-state index contributed by atoms with van der Waals surface area (Å²) in [6.07, 6.45) is 0.622. The van der Waals surface area contributed by atoms with E-state index in [1.54, 1.807) is 4.90 Å². The molecule has 1 fully saturated rings. The van der Waals surface area contributed by atoms with E-state index >= 15 is 0 Å². The largest absolute Gasteiger partial charge is 0.480 e. The van der Waals surface area contributed by atoms with Gasteiger partial charge >= 0.3 is 12.1 Å². The molecule has 0 radical (unpaired) electrons. The standard InChI is InChI=1S/C14H26N2O4/c1-5-15(10-12(17)18)8-11-6-7-16(9-11)13(19)20-14(2,3)4/h11H,5-10H2,1-4H3,(H,17,18)/t11-/m1/s1. The number of ether oxygens (including phenoxy) is 1. The summed E-state index contributed by atoms with van der Waals surface area (Å²) in [6, 6.07) is 0. The number of rotatable bonds is 5. The number of carbonyl (C=O) groups excluding carboxylic acids is 1. The van der Waals surface area contributed by atoms with E-state index in [9.17, 15) is 9.59 Å². The van der Waals surface area contributed by atoms with Gasteiger partial charge in [0.05, 0.1) is 6.54 Å². The number of nitrogens with zero attached hydrogens (tertiary/aromatic N) is 2. The maximum absolute atomic E-state index is 11.9. The third kappa shape index (κ3) is 5.77. The van der Waals surface area contributed by atoms with Crippen LogP contribution in [-0.2, 0) is 9.53 Å². The van der Waals surface area contributed by atoms with Crippen LogP contribution in [0.15, 0.2) is 0 Å². The van der Waals surface area contributed by atoms with Crippen molar-refractivity contribution in [1.29, 1.82) is 0 Å². The number of likely N-dealkylation sites (N-methyl/N-ethyl adjacent to an activating group) is 1. The molecule has 1 aliphatic heterocycles. The zero-order valence-electron chi connectivity index (χ0n) is 12.9. The molecule has 0 aliphatic carbocycles. The molecule has 0 unspecified atom stereocenters. The third-order valence-electron chi connectivity index (χ3n) is 3.26. The number of hydrogen-bond donors (Lipinski definition) is 1. The first kappa shape index (κ1) is 16.8. The molecule has 1 rings (SSSR count). The zero-order chi connectivity index (χ0) is 15.3. The minimum absolute atomic E-state index is 0.0550. The Hall–Kier alpha value is -1.30. The molecule has 20 heavy (non-hydrogen) atoms. The van der Waals surface area contributed by atoms with Gasteiger partial charge in [0, 0.05) is 19.6 Å². The van der Waals surface area contributed by atoms with Gasteiger partial charge in [0.25, 0.3) is 0 Å². The first-order chi connectivity index (χ1) is 9.21. The summed E-state index contributed by atoms with van der Waals surface area (Å²) in [5.74, 6) is -0.490. The Kier molecular flexibility index (Phi) is 5.80. The molecule has 0 spiro atoms. The van der Waals surface area contributed by atoms with Gasteiger partial charge in [-0.2, -0.15) is 0 Å². The molecule has 1 amide bonds. The molecule has 6 heteroatoms. The van der Waals surface area contributed by atoms with Gasteiger partial charge in [-0.05, 0) is 39.7 Å². The van der Waals surface area contributed by atoms with Gasteiger partial charge in [-0.3, -0.25) is 9.69 Å². The van der Waals surface area contributed by atoms with Crippen molar-refractivity contribution in [2.45, 2.75) is 39.7 Å². The van der Waals surface area contributed by atoms with Crippen LogP contribution in [0, 0.1) is 5.92 Å². The average Bonchev–Trinajstić information content (AvgIpc) is 2.73. The lowest BCUT2D eigenvalue weighted by molar-refractivity contribution is -0.138.